The summed E-state index contributed by atoms with van der Waals surface area (Å²) in [6.07, 6.45) is -0.799. The summed E-state index contributed by atoms with van der Waals surface area (Å²) in [5.74, 6) is 0.126. The monoisotopic (exact) mass is 393 g/mol. The molecule has 1 aromatic carbocycles. The lowest BCUT2D eigenvalue weighted by Crippen LogP contribution is -2.39. The topological polar surface area (TPSA) is 38.1 Å². The van der Waals surface area contributed by atoms with Crippen LogP contribution in [-0.4, -0.2) is 33.4 Å². The third kappa shape index (κ3) is 3.71. The largest absolute Gasteiger partial charge is 0.416 e. The zero-order chi connectivity index (χ0) is 19.0. The first-order chi connectivity index (χ1) is 12.9. The molecule has 1 amide bonds. The van der Waals surface area contributed by atoms with Gasteiger partial charge in [-0.1, -0.05) is 6.07 Å². The number of carbonyl (C=O) groups is 1. The number of nitrogens with zero attached hydrogens (tertiary/aromatic N) is 3. The summed E-state index contributed by atoms with van der Waals surface area (Å²) in [6.45, 7) is 1.30. The van der Waals surface area contributed by atoms with Gasteiger partial charge in [0.25, 0.3) is 0 Å². The van der Waals surface area contributed by atoms with Crippen LogP contribution in [0.3, 0.4) is 0 Å². The van der Waals surface area contributed by atoms with Gasteiger partial charge in [-0.15, -0.1) is 11.3 Å². The lowest BCUT2D eigenvalue weighted by Gasteiger charge is -2.33. The molecule has 3 heterocycles. The minimum atomic E-state index is -4.37. The van der Waals surface area contributed by atoms with Crippen LogP contribution in [0.5, 0.6) is 0 Å². The molecular formula is C19H18F3N3OS. The van der Waals surface area contributed by atoms with E-state index < -0.39 is 11.7 Å². The number of hydrogen-bond donors (Lipinski definition) is 0. The van der Waals surface area contributed by atoms with E-state index in [-0.39, 0.29) is 11.9 Å². The number of aromatic nitrogens is 2. The number of alkyl halides is 3. The van der Waals surface area contributed by atoms with Crippen molar-refractivity contribution in [3.05, 3.63) is 52.5 Å². The molecule has 3 aromatic rings. The van der Waals surface area contributed by atoms with Gasteiger partial charge < -0.3 is 9.47 Å². The minimum Gasteiger partial charge on any atom is -0.342 e. The standard InChI is InChI=1S/C19H18F3N3OS/c20-19(21,22)13-3-4-17-16(10-13)23-12-25(17)14-5-7-24(8-6-14)18(26)11-15-2-1-9-27-15/h1-4,9-10,12,14H,5-8,11H2. The van der Waals surface area contributed by atoms with E-state index >= 15 is 0 Å². The SMILES string of the molecule is O=C(Cc1cccs1)N1CCC(n2cnc3cc(C(F)(F)F)ccc32)CC1. The van der Waals surface area contributed by atoms with Gasteiger partial charge in [0.1, 0.15) is 0 Å². The molecule has 4 nitrogen and oxygen atoms in total. The fourth-order valence-electron chi connectivity index (χ4n) is 3.57. The van der Waals surface area contributed by atoms with Crippen LogP contribution in [0.15, 0.2) is 42.0 Å². The fraction of sp³-hybridized carbons (Fsp3) is 0.368. The highest BCUT2D eigenvalue weighted by Gasteiger charge is 2.31. The Morgan fingerprint density at radius 1 is 1.22 bits per heavy atom. The second kappa shape index (κ2) is 6.99. The number of hydrogen-bond acceptors (Lipinski definition) is 3. The molecule has 4 rings (SSSR count). The van der Waals surface area contributed by atoms with Crippen LogP contribution in [0.2, 0.25) is 0 Å². The van der Waals surface area contributed by atoms with Crippen LogP contribution in [-0.2, 0) is 17.4 Å². The number of rotatable bonds is 3. The van der Waals surface area contributed by atoms with E-state index in [4.69, 9.17) is 0 Å². The third-order valence-corrected chi connectivity index (χ3v) is 5.89. The number of imidazole rings is 1. The second-order valence-corrected chi connectivity index (χ2v) is 7.75. The summed E-state index contributed by atoms with van der Waals surface area (Å²) in [7, 11) is 0. The van der Waals surface area contributed by atoms with Crippen molar-refractivity contribution in [1.29, 1.82) is 0 Å². The smallest absolute Gasteiger partial charge is 0.342 e. The molecule has 1 aliphatic heterocycles. The second-order valence-electron chi connectivity index (χ2n) is 6.72. The molecule has 0 aliphatic carbocycles. The molecule has 0 spiro atoms. The van der Waals surface area contributed by atoms with E-state index in [9.17, 15) is 18.0 Å². The Hall–Kier alpha value is -2.35. The molecule has 0 saturated carbocycles. The maximum atomic E-state index is 12.9. The summed E-state index contributed by atoms with van der Waals surface area (Å²) in [6, 6.07) is 7.71. The highest BCUT2D eigenvalue weighted by atomic mass is 32.1. The minimum absolute atomic E-state index is 0.126. The van der Waals surface area contributed by atoms with E-state index in [1.807, 2.05) is 27.0 Å². The summed E-state index contributed by atoms with van der Waals surface area (Å²) < 4.78 is 40.5. The molecule has 0 unspecified atom stereocenters. The van der Waals surface area contributed by atoms with E-state index in [1.165, 1.54) is 6.07 Å². The number of likely N-dealkylation sites (tertiary alicyclic amines) is 1. The van der Waals surface area contributed by atoms with Gasteiger partial charge >= 0.3 is 6.18 Å². The zero-order valence-electron chi connectivity index (χ0n) is 14.4. The van der Waals surface area contributed by atoms with Crippen LogP contribution in [0.25, 0.3) is 11.0 Å². The van der Waals surface area contributed by atoms with Gasteiger partial charge in [0.2, 0.25) is 5.91 Å². The first-order valence-electron chi connectivity index (χ1n) is 8.76. The van der Waals surface area contributed by atoms with Crippen molar-refractivity contribution in [2.24, 2.45) is 0 Å². The van der Waals surface area contributed by atoms with Gasteiger partial charge in [0, 0.05) is 24.0 Å². The van der Waals surface area contributed by atoms with Gasteiger partial charge in [-0.25, -0.2) is 4.98 Å². The molecule has 1 fully saturated rings. The van der Waals surface area contributed by atoms with Crippen LogP contribution in [0, 0.1) is 0 Å². The van der Waals surface area contributed by atoms with Crippen molar-refractivity contribution in [2.75, 3.05) is 13.1 Å². The van der Waals surface area contributed by atoms with Crippen molar-refractivity contribution < 1.29 is 18.0 Å². The van der Waals surface area contributed by atoms with E-state index in [1.54, 1.807) is 17.7 Å². The van der Waals surface area contributed by atoms with Crippen molar-refractivity contribution in [3.8, 4) is 0 Å². The summed E-state index contributed by atoms with van der Waals surface area (Å²) in [4.78, 5) is 19.5. The Bertz CT molecular complexity index is 941. The molecule has 2 aromatic heterocycles. The molecule has 142 valence electrons. The lowest BCUT2D eigenvalue weighted by molar-refractivity contribution is -0.137. The van der Waals surface area contributed by atoms with E-state index in [2.05, 4.69) is 4.98 Å². The highest BCUT2D eigenvalue weighted by molar-refractivity contribution is 7.10. The van der Waals surface area contributed by atoms with Crippen LogP contribution < -0.4 is 0 Å². The summed E-state index contributed by atoms with van der Waals surface area (Å²) in [5.41, 5.74) is 0.363. The Kier molecular flexibility index (Phi) is 4.67. The predicted molar refractivity (Wildman–Crippen MR) is 97.6 cm³/mol. The van der Waals surface area contributed by atoms with Gasteiger partial charge in [-0.3, -0.25) is 4.79 Å². The number of carbonyl (C=O) groups excluding carboxylic acids is 1. The highest BCUT2D eigenvalue weighted by Crippen LogP contribution is 2.33. The third-order valence-electron chi connectivity index (χ3n) is 5.02. The molecule has 0 atom stereocenters. The average Bonchev–Trinajstić information content (AvgIpc) is 3.30. The number of amides is 1. The Labute approximate surface area is 158 Å². The van der Waals surface area contributed by atoms with Crippen molar-refractivity contribution >= 4 is 28.3 Å². The molecule has 27 heavy (non-hydrogen) atoms. The molecule has 1 aliphatic rings. The van der Waals surface area contributed by atoms with Crippen LogP contribution >= 0.6 is 11.3 Å². The molecule has 0 bridgehead atoms. The lowest BCUT2D eigenvalue weighted by atomic mass is 10.0. The van der Waals surface area contributed by atoms with Crippen molar-refractivity contribution in [2.45, 2.75) is 31.5 Å². The summed E-state index contributed by atoms with van der Waals surface area (Å²) >= 11 is 1.58. The van der Waals surface area contributed by atoms with E-state index in [0.717, 1.165) is 29.9 Å². The van der Waals surface area contributed by atoms with Gasteiger partial charge in [-0.2, -0.15) is 13.2 Å². The number of benzene rings is 1. The Morgan fingerprint density at radius 3 is 2.67 bits per heavy atom. The number of thiophene rings is 1. The van der Waals surface area contributed by atoms with Gasteiger partial charge in [-0.05, 0) is 42.5 Å². The first kappa shape index (κ1) is 18.0. The van der Waals surface area contributed by atoms with Crippen molar-refractivity contribution in [1.82, 2.24) is 14.5 Å². The first-order valence-corrected chi connectivity index (χ1v) is 9.64. The van der Waals surface area contributed by atoms with Crippen LogP contribution in [0.4, 0.5) is 13.2 Å². The van der Waals surface area contributed by atoms with Gasteiger partial charge in [0.05, 0.1) is 29.3 Å². The molecule has 1 saturated heterocycles. The maximum absolute atomic E-state index is 12.9. The Morgan fingerprint density at radius 2 is 2.00 bits per heavy atom. The quantitative estimate of drug-likeness (QED) is 0.656. The number of halogens is 3. The van der Waals surface area contributed by atoms with Gasteiger partial charge in [0.15, 0.2) is 0 Å². The number of fused-ring (bicyclic) bond motifs is 1. The molecule has 8 heteroatoms. The normalized spacial score (nSPS) is 16.2. The average molecular weight is 393 g/mol. The predicted octanol–water partition coefficient (Wildman–Crippen LogP) is 4.52. The molecular weight excluding hydrogens is 375 g/mol. The number of piperidine rings is 1. The summed E-state index contributed by atoms with van der Waals surface area (Å²) in [5, 5.41) is 1.96. The molecule has 0 radical (unpaired) electrons. The fourth-order valence-corrected chi connectivity index (χ4v) is 4.26. The van der Waals surface area contributed by atoms with Crippen LogP contribution in [0.1, 0.15) is 29.3 Å². The maximum Gasteiger partial charge on any atom is 0.416 e. The Balaban J connectivity index is 1.44. The van der Waals surface area contributed by atoms with E-state index in [0.29, 0.717) is 30.5 Å². The van der Waals surface area contributed by atoms with Crippen molar-refractivity contribution in [3.63, 3.8) is 0 Å². The zero-order valence-corrected chi connectivity index (χ0v) is 15.3. The molecule has 0 N–H and O–H groups in total.